The SMILES string of the molecule is CN(C(=O)O)[C@@H]1CN(C(=O)C2CCNCC2)C[C@H]1c1ccc(F)cc1. The molecule has 6 nitrogen and oxygen atoms in total. The maximum absolute atomic E-state index is 13.2. The first-order valence-electron chi connectivity index (χ1n) is 8.68. The van der Waals surface area contributed by atoms with Crippen molar-refractivity contribution in [2.24, 2.45) is 5.92 Å². The number of nitrogens with one attached hydrogen (secondary N) is 1. The van der Waals surface area contributed by atoms with Crippen molar-refractivity contribution in [3.05, 3.63) is 35.6 Å². The summed E-state index contributed by atoms with van der Waals surface area (Å²) in [4.78, 5) is 27.3. The highest BCUT2D eigenvalue weighted by atomic mass is 19.1. The monoisotopic (exact) mass is 349 g/mol. The van der Waals surface area contributed by atoms with Crippen LogP contribution in [0.4, 0.5) is 9.18 Å². The smallest absolute Gasteiger partial charge is 0.407 e. The van der Waals surface area contributed by atoms with Crippen LogP contribution in [0, 0.1) is 11.7 Å². The average Bonchev–Trinajstić information content (AvgIpc) is 3.07. The van der Waals surface area contributed by atoms with Crippen LogP contribution in [0.1, 0.15) is 24.3 Å². The van der Waals surface area contributed by atoms with Gasteiger partial charge < -0.3 is 20.2 Å². The molecule has 0 aromatic heterocycles. The van der Waals surface area contributed by atoms with Crippen molar-refractivity contribution in [1.82, 2.24) is 15.1 Å². The zero-order valence-electron chi connectivity index (χ0n) is 14.3. The Hall–Kier alpha value is -2.15. The molecule has 3 rings (SSSR count). The molecule has 0 unspecified atom stereocenters. The van der Waals surface area contributed by atoms with Crippen LogP contribution in [-0.4, -0.2) is 66.2 Å². The van der Waals surface area contributed by atoms with E-state index in [2.05, 4.69) is 5.32 Å². The van der Waals surface area contributed by atoms with Gasteiger partial charge in [-0.3, -0.25) is 4.79 Å². The van der Waals surface area contributed by atoms with Crippen LogP contribution in [0.2, 0.25) is 0 Å². The summed E-state index contributed by atoms with van der Waals surface area (Å²) in [5.41, 5.74) is 0.861. The van der Waals surface area contributed by atoms with E-state index in [0.717, 1.165) is 31.5 Å². The Balaban J connectivity index is 1.80. The molecule has 0 aliphatic carbocycles. The van der Waals surface area contributed by atoms with Crippen molar-refractivity contribution in [2.45, 2.75) is 24.8 Å². The molecule has 2 N–H and O–H groups in total. The highest BCUT2D eigenvalue weighted by molar-refractivity contribution is 5.79. The first kappa shape index (κ1) is 17.7. The Bertz CT molecular complexity index is 631. The molecule has 0 bridgehead atoms. The number of likely N-dealkylation sites (N-methyl/N-ethyl adjacent to an activating group) is 1. The number of likely N-dealkylation sites (tertiary alicyclic amines) is 1. The molecule has 0 spiro atoms. The molecule has 2 atom stereocenters. The first-order valence-corrected chi connectivity index (χ1v) is 8.68. The van der Waals surface area contributed by atoms with Gasteiger partial charge in [0.25, 0.3) is 0 Å². The van der Waals surface area contributed by atoms with Crippen LogP contribution in [0.25, 0.3) is 0 Å². The topological polar surface area (TPSA) is 72.9 Å². The summed E-state index contributed by atoms with van der Waals surface area (Å²) in [6.07, 6.45) is 0.611. The largest absolute Gasteiger partial charge is 0.465 e. The number of carbonyl (C=O) groups excluding carboxylic acids is 1. The summed E-state index contributed by atoms with van der Waals surface area (Å²) in [6.45, 7) is 2.53. The molecule has 0 saturated carbocycles. The summed E-state index contributed by atoms with van der Waals surface area (Å²) in [5, 5.41) is 12.6. The number of nitrogens with zero attached hydrogens (tertiary/aromatic N) is 2. The molecule has 1 aromatic rings. The number of carboxylic acid groups (broad SMARTS) is 1. The van der Waals surface area contributed by atoms with E-state index >= 15 is 0 Å². The van der Waals surface area contributed by atoms with Crippen LogP contribution in [0.3, 0.4) is 0 Å². The third-order valence-corrected chi connectivity index (χ3v) is 5.39. The lowest BCUT2D eigenvalue weighted by Crippen LogP contribution is -2.43. The number of hydrogen-bond acceptors (Lipinski definition) is 3. The molecule has 2 heterocycles. The molecule has 2 aliphatic rings. The zero-order chi connectivity index (χ0) is 18.0. The van der Waals surface area contributed by atoms with E-state index in [1.54, 1.807) is 17.0 Å². The standard InChI is InChI=1S/C18H24FN3O3/c1-21(18(24)25)16-11-22(17(23)13-6-8-20-9-7-13)10-15(16)12-2-4-14(19)5-3-12/h2-5,13,15-16,20H,6-11H2,1H3,(H,24,25)/t15-,16+/m0/s1. The van der Waals surface area contributed by atoms with E-state index in [-0.39, 0.29) is 29.6 Å². The Morgan fingerprint density at radius 2 is 1.84 bits per heavy atom. The fourth-order valence-electron chi connectivity index (χ4n) is 3.87. The molecule has 0 radical (unpaired) electrons. The Morgan fingerprint density at radius 1 is 1.20 bits per heavy atom. The van der Waals surface area contributed by atoms with E-state index in [4.69, 9.17) is 0 Å². The van der Waals surface area contributed by atoms with Crippen LogP contribution < -0.4 is 5.32 Å². The molecule has 2 amide bonds. The third kappa shape index (κ3) is 3.76. The Morgan fingerprint density at radius 3 is 2.44 bits per heavy atom. The molecule has 1 aromatic carbocycles. The van der Waals surface area contributed by atoms with E-state index in [0.29, 0.717) is 13.1 Å². The number of rotatable bonds is 3. The predicted molar refractivity (Wildman–Crippen MR) is 90.9 cm³/mol. The van der Waals surface area contributed by atoms with Gasteiger partial charge in [0.05, 0.1) is 6.04 Å². The summed E-state index contributed by atoms with van der Waals surface area (Å²) in [7, 11) is 1.53. The number of hydrogen-bond donors (Lipinski definition) is 2. The number of benzene rings is 1. The normalized spacial score (nSPS) is 24.3. The van der Waals surface area contributed by atoms with Gasteiger partial charge in [-0.1, -0.05) is 12.1 Å². The van der Waals surface area contributed by atoms with Crippen LogP contribution in [0.15, 0.2) is 24.3 Å². The van der Waals surface area contributed by atoms with Gasteiger partial charge in [0.1, 0.15) is 5.82 Å². The molecular weight excluding hydrogens is 325 g/mol. The van der Waals surface area contributed by atoms with Crippen molar-refractivity contribution < 1.29 is 19.1 Å². The number of amides is 2. The second kappa shape index (κ2) is 7.39. The Kier molecular flexibility index (Phi) is 5.22. The maximum Gasteiger partial charge on any atom is 0.407 e. The predicted octanol–water partition coefficient (Wildman–Crippen LogP) is 1.73. The number of carbonyl (C=O) groups is 2. The second-order valence-electron chi connectivity index (χ2n) is 6.89. The van der Waals surface area contributed by atoms with Gasteiger partial charge in [-0.25, -0.2) is 9.18 Å². The van der Waals surface area contributed by atoms with Gasteiger partial charge in [0.2, 0.25) is 5.91 Å². The van der Waals surface area contributed by atoms with Crippen LogP contribution in [-0.2, 0) is 4.79 Å². The summed E-state index contributed by atoms with van der Waals surface area (Å²) in [6, 6.07) is 5.80. The van der Waals surface area contributed by atoms with Crippen molar-refractivity contribution >= 4 is 12.0 Å². The maximum atomic E-state index is 13.2. The summed E-state index contributed by atoms with van der Waals surface area (Å²) < 4.78 is 13.2. The van der Waals surface area contributed by atoms with Gasteiger partial charge >= 0.3 is 6.09 Å². The van der Waals surface area contributed by atoms with Crippen LogP contribution >= 0.6 is 0 Å². The molecule has 136 valence electrons. The minimum absolute atomic E-state index is 0.00371. The zero-order valence-corrected chi connectivity index (χ0v) is 14.3. The average molecular weight is 349 g/mol. The summed E-state index contributed by atoms with van der Waals surface area (Å²) in [5.74, 6) is -0.362. The minimum Gasteiger partial charge on any atom is -0.465 e. The van der Waals surface area contributed by atoms with E-state index in [1.807, 2.05) is 0 Å². The Labute approximate surface area is 146 Å². The highest BCUT2D eigenvalue weighted by Crippen LogP contribution is 2.32. The fraction of sp³-hybridized carbons (Fsp3) is 0.556. The van der Waals surface area contributed by atoms with Crippen molar-refractivity contribution in [1.29, 1.82) is 0 Å². The van der Waals surface area contributed by atoms with Crippen molar-refractivity contribution in [3.8, 4) is 0 Å². The third-order valence-electron chi connectivity index (χ3n) is 5.39. The van der Waals surface area contributed by atoms with Gasteiger partial charge in [-0.2, -0.15) is 0 Å². The van der Waals surface area contributed by atoms with E-state index < -0.39 is 6.09 Å². The number of halogens is 1. The molecule has 2 aliphatic heterocycles. The van der Waals surface area contributed by atoms with E-state index in [1.165, 1.54) is 24.1 Å². The lowest BCUT2D eigenvalue weighted by molar-refractivity contribution is -0.135. The number of piperidine rings is 1. The van der Waals surface area contributed by atoms with Gasteiger partial charge in [-0.05, 0) is 43.6 Å². The van der Waals surface area contributed by atoms with E-state index in [9.17, 15) is 19.1 Å². The van der Waals surface area contributed by atoms with Crippen LogP contribution in [0.5, 0.6) is 0 Å². The quantitative estimate of drug-likeness (QED) is 0.872. The summed E-state index contributed by atoms with van der Waals surface area (Å²) >= 11 is 0. The molecule has 7 heteroatoms. The molecule has 2 fully saturated rings. The minimum atomic E-state index is -1.02. The second-order valence-corrected chi connectivity index (χ2v) is 6.89. The van der Waals surface area contributed by atoms with Crippen molar-refractivity contribution in [2.75, 3.05) is 33.2 Å². The van der Waals surface area contributed by atoms with Gasteiger partial charge in [0.15, 0.2) is 0 Å². The van der Waals surface area contributed by atoms with Gasteiger partial charge in [-0.15, -0.1) is 0 Å². The molecule has 25 heavy (non-hydrogen) atoms. The van der Waals surface area contributed by atoms with Gasteiger partial charge in [0, 0.05) is 32.0 Å². The first-order chi connectivity index (χ1) is 12.0. The molecular formula is C18H24FN3O3. The lowest BCUT2D eigenvalue weighted by atomic mass is 9.93. The molecule has 2 saturated heterocycles. The lowest BCUT2D eigenvalue weighted by Gasteiger charge is -2.27. The fourth-order valence-corrected chi connectivity index (χ4v) is 3.87. The highest BCUT2D eigenvalue weighted by Gasteiger charge is 2.41. The van der Waals surface area contributed by atoms with Crippen molar-refractivity contribution in [3.63, 3.8) is 0 Å².